The Labute approximate surface area is 130 Å². The summed E-state index contributed by atoms with van der Waals surface area (Å²) >= 11 is 0. The fourth-order valence-corrected chi connectivity index (χ4v) is 8.74. The van der Waals surface area contributed by atoms with Crippen LogP contribution in [0.15, 0.2) is 24.3 Å². The second-order valence-electron chi connectivity index (χ2n) is 8.68. The lowest BCUT2D eigenvalue weighted by Crippen LogP contribution is -2.50. The molecule has 1 aromatic carbocycles. The summed E-state index contributed by atoms with van der Waals surface area (Å²) in [6.07, 6.45) is 1.45. The van der Waals surface area contributed by atoms with Gasteiger partial charge in [-0.2, -0.15) is 0 Å². The van der Waals surface area contributed by atoms with Crippen LogP contribution in [0, 0.1) is 47.3 Å². The predicted molar refractivity (Wildman–Crippen MR) is 79.8 cm³/mol. The van der Waals surface area contributed by atoms with E-state index in [1.165, 1.54) is 12.0 Å². The molecule has 2 aliphatic heterocycles. The van der Waals surface area contributed by atoms with E-state index in [2.05, 4.69) is 23.1 Å². The van der Waals surface area contributed by atoms with Crippen LogP contribution in [0.1, 0.15) is 12.0 Å². The van der Waals surface area contributed by atoms with Crippen molar-refractivity contribution in [1.29, 1.82) is 0 Å². The highest BCUT2D eigenvalue weighted by molar-refractivity contribution is 5.41. The molecule has 1 aromatic rings. The van der Waals surface area contributed by atoms with E-state index in [1.54, 1.807) is 7.11 Å². The van der Waals surface area contributed by atoms with E-state index in [0.717, 1.165) is 47.8 Å². The lowest BCUT2D eigenvalue weighted by atomic mass is 9.59. The molecule has 2 saturated heterocycles. The van der Waals surface area contributed by atoms with Crippen LogP contribution < -0.4 is 4.74 Å². The van der Waals surface area contributed by atoms with Crippen molar-refractivity contribution in [3.8, 4) is 5.75 Å². The van der Waals surface area contributed by atoms with Crippen molar-refractivity contribution in [3.63, 3.8) is 0 Å². The van der Waals surface area contributed by atoms with Gasteiger partial charge in [0.1, 0.15) is 11.5 Å². The lowest BCUT2D eigenvalue weighted by Gasteiger charge is -2.45. The van der Waals surface area contributed by atoms with Gasteiger partial charge in [0.15, 0.2) is 0 Å². The van der Waals surface area contributed by atoms with E-state index >= 15 is 0 Å². The Bertz CT molecular complexity index is 719. The van der Waals surface area contributed by atoms with E-state index in [1.807, 2.05) is 6.07 Å². The number of methoxy groups -OCH3 is 1. The summed E-state index contributed by atoms with van der Waals surface area (Å²) in [6.45, 7) is 0.900. The Morgan fingerprint density at radius 2 is 2.09 bits per heavy atom. The SMILES string of the molecule is COc1cccc(CN2[C@@H]3[C@H]4[C@H]5[C@@H]6C[C@@H]7[C@H]5[C@H]4[C@]2(O)[C@@H]7[C@@H]63)c1. The van der Waals surface area contributed by atoms with Crippen molar-refractivity contribution in [2.45, 2.75) is 24.7 Å². The standard InChI is InChI=1S/C19H21NO2/c1-22-9-4-2-3-8(5-9)7-20-18-14-10-6-11-13-12(10)15(18)17(13)19(20,21)16(11)14/h2-5,10-18,21H,6-7H2,1H3/t10-,11+,12-,13+,14+,15-,16-,17+,18-,19+/m0/s1. The van der Waals surface area contributed by atoms with Crippen LogP contribution in [0.2, 0.25) is 0 Å². The topological polar surface area (TPSA) is 32.7 Å². The van der Waals surface area contributed by atoms with Crippen molar-refractivity contribution >= 4 is 0 Å². The Morgan fingerprint density at radius 3 is 2.95 bits per heavy atom. The van der Waals surface area contributed by atoms with E-state index in [4.69, 9.17) is 4.74 Å². The molecule has 0 aromatic heterocycles. The molecule has 3 heteroatoms. The fourth-order valence-electron chi connectivity index (χ4n) is 8.74. The summed E-state index contributed by atoms with van der Waals surface area (Å²) < 4.78 is 5.37. The molecule has 0 amide bonds. The molecule has 0 radical (unpaired) electrons. The average molecular weight is 295 g/mol. The first kappa shape index (κ1) is 11.5. The van der Waals surface area contributed by atoms with Gasteiger partial charge in [-0.25, -0.2) is 0 Å². The molecule has 10 atom stereocenters. The molecule has 5 aliphatic carbocycles. The predicted octanol–water partition coefficient (Wildman–Crippen LogP) is 1.96. The molecule has 5 saturated carbocycles. The fraction of sp³-hybridized carbons (Fsp3) is 0.684. The number of aliphatic hydroxyl groups is 1. The summed E-state index contributed by atoms with van der Waals surface area (Å²) in [5, 5.41) is 11.7. The quantitative estimate of drug-likeness (QED) is 0.925. The van der Waals surface area contributed by atoms with Gasteiger partial charge in [0.05, 0.1) is 7.11 Å². The van der Waals surface area contributed by atoms with Crippen LogP contribution in [-0.2, 0) is 6.54 Å². The summed E-state index contributed by atoms with van der Waals surface area (Å²) in [6, 6.07) is 9.08. The van der Waals surface area contributed by atoms with Gasteiger partial charge in [0, 0.05) is 24.4 Å². The Morgan fingerprint density at radius 1 is 1.18 bits per heavy atom. The van der Waals surface area contributed by atoms with Gasteiger partial charge < -0.3 is 9.84 Å². The molecule has 22 heavy (non-hydrogen) atoms. The van der Waals surface area contributed by atoms with Crippen LogP contribution in [0.4, 0.5) is 0 Å². The second-order valence-corrected chi connectivity index (χ2v) is 8.68. The zero-order valence-electron chi connectivity index (χ0n) is 12.7. The minimum absolute atomic E-state index is 0.458. The van der Waals surface area contributed by atoms with Gasteiger partial charge >= 0.3 is 0 Å². The first-order valence-electron chi connectivity index (χ1n) is 8.87. The molecule has 8 rings (SSSR count). The summed E-state index contributed by atoms with van der Waals surface area (Å²) in [5.74, 6) is 7.53. The van der Waals surface area contributed by atoms with Crippen LogP contribution in [-0.4, -0.2) is 28.9 Å². The van der Waals surface area contributed by atoms with Crippen molar-refractivity contribution in [2.75, 3.05) is 7.11 Å². The molecular weight excluding hydrogens is 274 g/mol. The van der Waals surface area contributed by atoms with Gasteiger partial charge in [-0.3, -0.25) is 4.90 Å². The van der Waals surface area contributed by atoms with Crippen LogP contribution in [0.5, 0.6) is 5.75 Å². The third-order valence-corrected chi connectivity index (χ3v) is 8.70. The monoisotopic (exact) mass is 295 g/mol. The molecule has 4 bridgehead atoms. The van der Waals surface area contributed by atoms with E-state index < -0.39 is 5.72 Å². The van der Waals surface area contributed by atoms with Gasteiger partial charge in [0.2, 0.25) is 0 Å². The highest BCUT2D eigenvalue weighted by atomic mass is 16.5. The average Bonchev–Trinajstić information content (AvgIpc) is 3.14. The highest BCUT2D eigenvalue weighted by Gasteiger charge is 2.93. The van der Waals surface area contributed by atoms with Gasteiger partial charge in [0.25, 0.3) is 0 Å². The third-order valence-electron chi connectivity index (χ3n) is 8.70. The molecule has 0 unspecified atom stereocenters. The van der Waals surface area contributed by atoms with E-state index in [-0.39, 0.29) is 0 Å². The van der Waals surface area contributed by atoms with E-state index in [9.17, 15) is 5.11 Å². The summed E-state index contributed by atoms with van der Waals surface area (Å²) in [4.78, 5) is 2.53. The molecule has 1 N–H and O–H groups in total. The van der Waals surface area contributed by atoms with Crippen molar-refractivity contribution < 1.29 is 9.84 Å². The van der Waals surface area contributed by atoms with Crippen LogP contribution in [0.3, 0.4) is 0 Å². The largest absolute Gasteiger partial charge is 0.497 e. The number of hydrogen-bond acceptors (Lipinski definition) is 3. The maximum atomic E-state index is 11.7. The first-order chi connectivity index (χ1) is 10.7. The number of benzene rings is 1. The van der Waals surface area contributed by atoms with E-state index in [0.29, 0.717) is 17.9 Å². The van der Waals surface area contributed by atoms with Gasteiger partial charge in [-0.15, -0.1) is 0 Å². The van der Waals surface area contributed by atoms with Gasteiger partial charge in [-0.1, -0.05) is 12.1 Å². The molecule has 0 spiro atoms. The number of nitrogens with zero attached hydrogens (tertiary/aromatic N) is 1. The lowest BCUT2D eigenvalue weighted by molar-refractivity contribution is -0.134. The molecular formula is C19H21NO2. The molecule has 114 valence electrons. The Kier molecular flexibility index (Phi) is 1.62. The summed E-state index contributed by atoms with van der Waals surface area (Å²) in [7, 11) is 1.73. The van der Waals surface area contributed by atoms with Crippen molar-refractivity contribution in [2.24, 2.45) is 47.3 Å². The Balaban J connectivity index is 1.32. The number of rotatable bonds is 3. The first-order valence-corrected chi connectivity index (χ1v) is 8.87. The van der Waals surface area contributed by atoms with Crippen LogP contribution >= 0.6 is 0 Å². The maximum Gasteiger partial charge on any atom is 0.125 e. The number of hydrogen-bond donors (Lipinski definition) is 1. The normalized spacial score (nSPS) is 60.7. The zero-order valence-corrected chi connectivity index (χ0v) is 12.7. The molecule has 7 fully saturated rings. The molecule has 7 aliphatic rings. The molecule has 2 heterocycles. The maximum absolute atomic E-state index is 11.7. The highest BCUT2D eigenvalue weighted by Crippen LogP contribution is 2.90. The van der Waals surface area contributed by atoms with Crippen LogP contribution in [0.25, 0.3) is 0 Å². The number of ether oxygens (including phenoxy) is 1. The third kappa shape index (κ3) is 0.845. The zero-order chi connectivity index (χ0) is 14.4. The van der Waals surface area contributed by atoms with Crippen molar-refractivity contribution in [1.82, 2.24) is 4.90 Å². The smallest absolute Gasteiger partial charge is 0.125 e. The second kappa shape index (κ2) is 3.11. The molecule has 3 nitrogen and oxygen atoms in total. The summed E-state index contributed by atoms with van der Waals surface area (Å²) in [5.41, 5.74) is 0.828. The van der Waals surface area contributed by atoms with Crippen molar-refractivity contribution in [3.05, 3.63) is 29.8 Å². The Hall–Kier alpha value is -1.06. The van der Waals surface area contributed by atoms with Gasteiger partial charge in [-0.05, 0) is 59.6 Å². The minimum atomic E-state index is -0.458. The minimum Gasteiger partial charge on any atom is -0.497 e.